The van der Waals surface area contributed by atoms with Crippen molar-refractivity contribution in [2.24, 2.45) is 5.73 Å². The minimum absolute atomic E-state index is 0.0579. The molecule has 2 saturated heterocycles. The van der Waals surface area contributed by atoms with Gasteiger partial charge in [-0.3, -0.25) is 24.1 Å². The summed E-state index contributed by atoms with van der Waals surface area (Å²) in [6, 6.07) is 35.6. The minimum Gasteiger partial charge on any atom is -0.342 e. The van der Waals surface area contributed by atoms with Crippen LogP contribution in [0.25, 0.3) is 22.3 Å². The normalized spacial score (nSPS) is 18.6. The van der Waals surface area contributed by atoms with Gasteiger partial charge in [-0.15, -0.1) is 0 Å². The molecular weight excluding hydrogens is 747 g/mol. The number of carbonyl (C=O) groups is 4. The first-order valence-corrected chi connectivity index (χ1v) is 21.7. The average molecular weight is 800 g/mol. The van der Waals surface area contributed by atoms with Crippen molar-refractivity contribution in [1.29, 1.82) is 0 Å². The van der Waals surface area contributed by atoms with E-state index in [0.29, 0.717) is 55.8 Å². The van der Waals surface area contributed by atoms with E-state index in [9.17, 15) is 19.2 Å². The zero-order chi connectivity index (χ0) is 41.2. The minimum atomic E-state index is -0.367. The van der Waals surface area contributed by atoms with E-state index in [1.807, 2.05) is 88.7 Å². The summed E-state index contributed by atoms with van der Waals surface area (Å²) < 4.78 is 0. The number of Topliss-reactive ketones (excluding diaryl/α,β-unsaturated/α-hetero) is 1. The highest BCUT2D eigenvalue weighted by atomic mass is 16.2. The molecule has 0 spiro atoms. The first-order chi connectivity index (χ1) is 29.3. The molecule has 2 fully saturated rings. The van der Waals surface area contributed by atoms with Crippen molar-refractivity contribution in [2.45, 2.75) is 63.3 Å². The Kier molecular flexibility index (Phi) is 11.4. The maximum absolute atomic E-state index is 14.7. The molecule has 2 unspecified atom stereocenters. The van der Waals surface area contributed by atoms with Crippen LogP contribution in [-0.4, -0.2) is 84.0 Å². The van der Waals surface area contributed by atoms with E-state index in [1.54, 1.807) is 0 Å². The number of fused-ring (bicyclic) bond motifs is 5. The molecule has 9 rings (SSSR count). The van der Waals surface area contributed by atoms with Gasteiger partial charge < -0.3 is 20.9 Å². The number of piperazine rings is 1. The summed E-state index contributed by atoms with van der Waals surface area (Å²) in [6.45, 7) is 5.34. The van der Waals surface area contributed by atoms with Gasteiger partial charge in [0.1, 0.15) is 0 Å². The van der Waals surface area contributed by atoms with Gasteiger partial charge >= 0.3 is 0 Å². The molecule has 306 valence electrons. The summed E-state index contributed by atoms with van der Waals surface area (Å²) >= 11 is 0. The van der Waals surface area contributed by atoms with Gasteiger partial charge in [0.05, 0.1) is 12.5 Å². The molecule has 2 heterocycles. The number of anilines is 1. The monoisotopic (exact) mass is 799 g/mol. The lowest BCUT2D eigenvalue weighted by atomic mass is 9.69. The van der Waals surface area contributed by atoms with Crippen LogP contribution in [0.4, 0.5) is 5.69 Å². The Morgan fingerprint density at radius 3 is 2.12 bits per heavy atom. The highest BCUT2D eigenvalue weighted by Gasteiger charge is 2.36. The molecule has 3 amide bonds. The van der Waals surface area contributed by atoms with Crippen LogP contribution in [0.5, 0.6) is 0 Å². The molecule has 0 saturated carbocycles. The number of carbonyl (C=O) groups excluding carboxylic acids is 4. The number of amides is 3. The number of rotatable bonds is 10. The van der Waals surface area contributed by atoms with Crippen LogP contribution >= 0.6 is 0 Å². The maximum Gasteiger partial charge on any atom is 0.256 e. The Hall–Kier alpha value is -5.90. The smallest absolute Gasteiger partial charge is 0.256 e. The van der Waals surface area contributed by atoms with Gasteiger partial charge in [-0.25, -0.2) is 0 Å². The maximum atomic E-state index is 14.7. The molecule has 2 aliphatic heterocycles. The van der Waals surface area contributed by atoms with Gasteiger partial charge in [0, 0.05) is 69.0 Å². The molecule has 0 bridgehead atoms. The Morgan fingerprint density at radius 1 is 0.667 bits per heavy atom. The van der Waals surface area contributed by atoms with Crippen molar-refractivity contribution in [1.82, 2.24) is 14.7 Å². The number of hydrogen-bond donors (Lipinski definition) is 2. The molecule has 0 aromatic heterocycles. The zero-order valence-corrected chi connectivity index (χ0v) is 34.2. The first-order valence-electron chi connectivity index (χ1n) is 21.7. The second kappa shape index (κ2) is 17.4. The van der Waals surface area contributed by atoms with Crippen molar-refractivity contribution >= 4 is 29.2 Å². The predicted octanol–water partition coefficient (Wildman–Crippen LogP) is 7.83. The zero-order valence-electron chi connectivity index (χ0n) is 34.2. The molecule has 2 atom stereocenters. The summed E-state index contributed by atoms with van der Waals surface area (Å²) in [7, 11) is 0. The number of hydrogen-bond acceptors (Lipinski definition) is 6. The molecule has 60 heavy (non-hydrogen) atoms. The predicted molar refractivity (Wildman–Crippen MR) is 236 cm³/mol. The average Bonchev–Trinajstić information content (AvgIpc) is 3.85. The van der Waals surface area contributed by atoms with Crippen molar-refractivity contribution in [3.63, 3.8) is 0 Å². The summed E-state index contributed by atoms with van der Waals surface area (Å²) in [4.78, 5) is 61.1. The highest BCUT2D eigenvalue weighted by Crippen LogP contribution is 2.47. The van der Waals surface area contributed by atoms with E-state index in [2.05, 4.69) is 40.5 Å². The molecule has 9 nitrogen and oxygen atoms in total. The molecular formula is C51H53N5O4. The van der Waals surface area contributed by atoms with Crippen molar-refractivity contribution in [2.75, 3.05) is 51.1 Å². The second-order valence-electron chi connectivity index (χ2n) is 16.9. The van der Waals surface area contributed by atoms with Crippen LogP contribution in [0.1, 0.15) is 92.5 Å². The topological polar surface area (TPSA) is 116 Å². The van der Waals surface area contributed by atoms with Gasteiger partial charge in [0.2, 0.25) is 11.8 Å². The third kappa shape index (κ3) is 8.04. The van der Waals surface area contributed by atoms with Gasteiger partial charge in [0.25, 0.3) is 5.91 Å². The molecule has 5 aromatic rings. The van der Waals surface area contributed by atoms with E-state index < -0.39 is 0 Å². The standard InChI is InChI=1S/C51H53N5O4/c52-32-34-14-16-35(17-15-34)40-10-3-4-12-45(40)51(60)53-39-20-18-36(19-21-39)50(59)46-30-37-8-1-2-11-41(37)44-23-22-42-38(9-7-13-43(42)49(44)46)31-47(57)56-28-26-54(27-29-56)33-48(58)55-24-5-6-25-55/h1-4,8,10-12,14-23,38,46H,5-7,9,13,24-33,52H2,(H,53,60). The van der Waals surface area contributed by atoms with Crippen LogP contribution in [0.3, 0.4) is 0 Å². The van der Waals surface area contributed by atoms with Gasteiger partial charge in [-0.2, -0.15) is 0 Å². The Balaban J connectivity index is 0.915. The quantitative estimate of drug-likeness (QED) is 0.139. The van der Waals surface area contributed by atoms with E-state index in [-0.39, 0.29) is 35.3 Å². The number of nitrogens with zero attached hydrogens (tertiary/aromatic N) is 3. The van der Waals surface area contributed by atoms with Crippen molar-refractivity contribution in [3.8, 4) is 22.3 Å². The molecule has 9 heteroatoms. The number of likely N-dealkylation sites (tertiary alicyclic amines) is 1. The third-order valence-electron chi connectivity index (χ3n) is 13.3. The number of nitrogens with two attached hydrogens (primary N) is 1. The summed E-state index contributed by atoms with van der Waals surface area (Å²) in [5, 5.41) is 3.05. The Morgan fingerprint density at radius 2 is 1.37 bits per heavy atom. The van der Waals surface area contributed by atoms with E-state index >= 15 is 0 Å². The van der Waals surface area contributed by atoms with E-state index in [4.69, 9.17) is 5.73 Å². The number of nitrogens with one attached hydrogen (secondary N) is 1. The number of benzene rings is 5. The third-order valence-corrected chi connectivity index (χ3v) is 13.3. The summed E-state index contributed by atoms with van der Waals surface area (Å²) in [5.41, 5.74) is 17.4. The summed E-state index contributed by atoms with van der Waals surface area (Å²) in [5.74, 6) is -0.0649. The van der Waals surface area contributed by atoms with Crippen LogP contribution in [-0.2, 0) is 29.0 Å². The second-order valence-corrected chi connectivity index (χ2v) is 16.9. The Bertz CT molecular complexity index is 2410. The van der Waals surface area contributed by atoms with Crippen LogP contribution < -0.4 is 11.1 Å². The highest BCUT2D eigenvalue weighted by molar-refractivity contribution is 6.09. The largest absolute Gasteiger partial charge is 0.342 e. The van der Waals surface area contributed by atoms with E-state index in [0.717, 1.165) is 91.7 Å². The fourth-order valence-electron chi connectivity index (χ4n) is 10.00. The Labute approximate surface area is 352 Å². The first kappa shape index (κ1) is 39.6. The van der Waals surface area contributed by atoms with Crippen LogP contribution in [0.15, 0.2) is 109 Å². The van der Waals surface area contributed by atoms with Crippen LogP contribution in [0.2, 0.25) is 0 Å². The lowest BCUT2D eigenvalue weighted by molar-refractivity contribution is -0.135. The van der Waals surface area contributed by atoms with Crippen molar-refractivity contribution in [3.05, 3.63) is 148 Å². The van der Waals surface area contributed by atoms with Crippen LogP contribution in [0, 0.1) is 0 Å². The van der Waals surface area contributed by atoms with Gasteiger partial charge in [0.15, 0.2) is 5.78 Å². The molecule has 2 aliphatic carbocycles. The van der Waals surface area contributed by atoms with Gasteiger partial charge in [-0.05, 0) is 125 Å². The molecule has 5 aromatic carbocycles. The molecule has 3 N–H and O–H groups in total. The number of ketones is 1. The lowest BCUT2D eigenvalue weighted by Crippen LogP contribution is -2.51. The fraction of sp³-hybridized carbons (Fsp3) is 0.333. The fourth-order valence-corrected chi connectivity index (χ4v) is 10.00. The van der Waals surface area contributed by atoms with Gasteiger partial charge in [-0.1, -0.05) is 78.9 Å². The van der Waals surface area contributed by atoms with E-state index in [1.165, 1.54) is 16.7 Å². The SMILES string of the molecule is NCc1ccc(-c2ccccc2C(=O)Nc2ccc(C(=O)C3Cc4ccccc4-c4ccc5c(c43)CCCC5CC(=O)N3CCN(CC(=O)N4CCCC4)CC3)cc2)cc1. The summed E-state index contributed by atoms with van der Waals surface area (Å²) in [6.07, 6.45) is 6.02. The van der Waals surface area contributed by atoms with Crippen molar-refractivity contribution < 1.29 is 19.2 Å². The molecule has 0 radical (unpaired) electrons. The molecule has 4 aliphatic rings. The lowest BCUT2D eigenvalue weighted by Gasteiger charge is -2.37.